The third kappa shape index (κ3) is 3.36. The van der Waals surface area contributed by atoms with Gasteiger partial charge in [-0.2, -0.15) is 13.2 Å². The van der Waals surface area contributed by atoms with E-state index in [1.54, 1.807) is 24.3 Å². The minimum Gasteiger partial charge on any atom is -0.360 e. The number of benzene rings is 2. The molecule has 0 aliphatic carbocycles. The van der Waals surface area contributed by atoms with Crippen LogP contribution >= 0.6 is 11.6 Å². The van der Waals surface area contributed by atoms with Crippen LogP contribution in [0.15, 0.2) is 53.5 Å². The summed E-state index contributed by atoms with van der Waals surface area (Å²) in [6.07, 6.45) is -3.44. The Labute approximate surface area is 144 Å². The number of fused-ring (bicyclic) bond motifs is 1. The summed E-state index contributed by atoms with van der Waals surface area (Å²) < 4.78 is 38.2. The minimum atomic E-state index is -4.52. The molecule has 1 amide bonds. The first-order valence-corrected chi connectivity index (χ1v) is 7.43. The highest BCUT2D eigenvalue weighted by Crippen LogP contribution is 2.30. The Morgan fingerprint density at radius 2 is 1.84 bits per heavy atom. The number of para-hydroxylation sites is 1. The first-order chi connectivity index (χ1) is 11.8. The van der Waals surface area contributed by atoms with Crippen molar-refractivity contribution in [1.29, 1.82) is 0 Å². The van der Waals surface area contributed by atoms with Crippen LogP contribution in [0.3, 0.4) is 0 Å². The Hall–Kier alpha value is -2.80. The van der Waals surface area contributed by atoms with Crippen LogP contribution in [0.2, 0.25) is 5.02 Å². The van der Waals surface area contributed by atoms with Gasteiger partial charge in [-0.25, -0.2) is 0 Å². The number of hydrogen-bond acceptors (Lipinski definition) is 2. The normalized spacial score (nSPS) is 11.5. The minimum absolute atomic E-state index is 0.00545. The van der Waals surface area contributed by atoms with Gasteiger partial charge in [-0.1, -0.05) is 23.7 Å². The Kier molecular flexibility index (Phi) is 4.26. The van der Waals surface area contributed by atoms with Gasteiger partial charge in [-0.15, -0.1) is 0 Å². The van der Waals surface area contributed by atoms with Crippen LogP contribution in [0, 0.1) is 0 Å². The Balaban J connectivity index is 2.00. The van der Waals surface area contributed by atoms with Crippen LogP contribution in [0.4, 0.5) is 18.9 Å². The summed E-state index contributed by atoms with van der Waals surface area (Å²) in [5.41, 5.74) is -1.47. The van der Waals surface area contributed by atoms with E-state index in [1.807, 2.05) is 0 Å². The number of nitrogens with one attached hydrogen (secondary N) is 2. The van der Waals surface area contributed by atoms with Gasteiger partial charge in [0.1, 0.15) is 5.56 Å². The standard InChI is InChI=1S/C17H10ClF3N2O2/c18-12-3-1-2-4-13(12)23-16(25)11-8-22-14-7-9(17(19,20)21)5-6-10(14)15(11)24/h1-8H,(H,22,24)(H,23,25). The van der Waals surface area contributed by atoms with Gasteiger partial charge in [0, 0.05) is 17.1 Å². The predicted molar refractivity (Wildman–Crippen MR) is 89.0 cm³/mol. The number of carbonyl (C=O) groups is 1. The van der Waals surface area contributed by atoms with Crippen molar-refractivity contribution in [2.75, 3.05) is 5.32 Å². The van der Waals surface area contributed by atoms with Crippen molar-refractivity contribution in [2.24, 2.45) is 0 Å². The molecule has 0 saturated heterocycles. The predicted octanol–water partition coefficient (Wildman–Crippen LogP) is 4.45. The topological polar surface area (TPSA) is 62.0 Å². The molecule has 0 aliphatic rings. The maximum Gasteiger partial charge on any atom is 0.416 e. The van der Waals surface area contributed by atoms with Crippen molar-refractivity contribution in [3.05, 3.63) is 75.0 Å². The summed E-state index contributed by atoms with van der Waals surface area (Å²) in [6, 6.07) is 9.14. The molecule has 8 heteroatoms. The molecule has 2 aromatic carbocycles. The molecule has 0 unspecified atom stereocenters. The monoisotopic (exact) mass is 366 g/mol. The lowest BCUT2D eigenvalue weighted by Crippen LogP contribution is -2.22. The van der Waals surface area contributed by atoms with Crippen LogP contribution < -0.4 is 10.7 Å². The molecule has 4 nitrogen and oxygen atoms in total. The van der Waals surface area contributed by atoms with E-state index in [-0.39, 0.29) is 16.5 Å². The van der Waals surface area contributed by atoms with E-state index in [2.05, 4.69) is 10.3 Å². The quantitative estimate of drug-likeness (QED) is 0.703. The summed E-state index contributed by atoms with van der Waals surface area (Å²) in [5.74, 6) is -0.712. The average Bonchev–Trinajstić information content (AvgIpc) is 2.56. The number of alkyl halides is 3. The van der Waals surface area contributed by atoms with Crippen molar-refractivity contribution >= 4 is 34.1 Å². The molecule has 128 valence electrons. The van der Waals surface area contributed by atoms with Crippen LogP contribution in [0.1, 0.15) is 15.9 Å². The summed E-state index contributed by atoms with van der Waals surface area (Å²) in [6.45, 7) is 0. The fourth-order valence-electron chi connectivity index (χ4n) is 2.32. The number of pyridine rings is 1. The molecule has 25 heavy (non-hydrogen) atoms. The molecule has 1 heterocycles. The fraction of sp³-hybridized carbons (Fsp3) is 0.0588. The molecule has 1 aromatic heterocycles. The average molecular weight is 367 g/mol. The number of hydrogen-bond donors (Lipinski definition) is 2. The van der Waals surface area contributed by atoms with Crippen molar-refractivity contribution < 1.29 is 18.0 Å². The first kappa shape index (κ1) is 17.0. The van der Waals surface area contributed by atoms with Crippen molar-refractivity contribution in [2.45, 2.75) is 6.18 Å². The zero-order valence-electron chi connectivity index (χ0n) is 12.4. The number of aromatic amines is 1. The lowest BCUT2D eigenvalue weighted by atomic mass is 10.1. The van der Waals surface area contributed by atoms with Gasteiger partial charge < -0.3 is 10.3 Å². The van der Waals surface area contributed by atoms with E-state index in [4.69, 9.17) is 11.6 Å². The van der Waals surface area contributed by atoms with E-state index in [0.717, 1.165) is 24.4 Å². The molecular formula is C17H10ClF3N2O2. The molecule has 3 aromatic rings. The summed E-state index contributed by atoms with van der Waals surface area (Å²) in [7, 11) is 0. The highest BCUT2D eigenvalue weighted by molar-refractivity contribution is 6.33. The fourth-order valence-corrected chi connectivity index (χ4v) is 2.50. The van der Waals surface area contributed by atoms with E-state index in [1.165, 1.54) is 0 Å². The molecule has 0 fully saturated rings. The SMILES string of the molecule is O=C(Nc1ccccc1Cl)c1c[nH]c2cc(C(F)(F)F)ccc2c1=O. The Morgan fingerprint density at radius 3 is 2.52 bits per heavy atom. The number of anilines is 1. The summed E-state index contributed by atoms with van der Waals surface area (Å²) in [4.78, 5) is 27.3. The lowest BCUT2D eigenvalue weighted by Gasteiger charge is -2.09. The van der Waals surface area contributed by atoms with Crippen molar-refractivity contribution in [3.63, 3.8) is 0 Å². The number of carbonyl (C=O) groups excluding carboxylic acids is 1. The molecule has 3 rings (SSSR count). The largest absolute Gasteiger partial charge is 0.416 e. The van der Waals surface area contributed by atoms with E-state index in [0.29, 0.717) is 10.7 Å². The number of aromatic nitrogens is 1. The molecule has 2 N–H and O–H groups in total. The Morgan fingerprint density at radius 1 is 1.12 bits per heavy atom. The highest BCUT2D eigenvalue weighted by atomic mass is 35.5. The summed E-state index contributed by atoms with van der Waals surface area (Å²) >= 11 is 5.94. The van der Waals surface area contributed by atoms with Gasteiger partial charge in [-0.05, 0) is 30.3 Å². The zero-order chi connectivity index (χ0) is 18.2. The van der Waals surface area contributed by atoms with Gasteiger partial charge >= 0.3 is 6.18 Å². The molecule has 0 radical (unpaired) electrons. The van der Waals surface area contributed by atoms with E-state index < -0.39 is 23.1 Å². The van der Waals surface area contributed by atoms with Crippen molar-refractivity contribution in [1.82, 2.24) is 4.98 Å². The lowest BCUT2D eigenvalue weighted by molar-refractivity contribution is -0.137. The van der Waals surface area contributed by atoms with Crippen LogP contribution in [0.25, 0.3) is 10.9 Å². The zero-order valence-corrected chi connectivity index (χ0v) is 13.2. The van der Waals surface area contributed by atoms with Gasteiger partial charge in [0.05, 0.1) is 16.3 Å². The number of amides is 1. The van der Waals surface area contributed by atoms with Crippen LogP contribution in [-0.2, 0) is 6.18 Å². The molecule has 0 aliphatic heterocycles. The van der Waals surface area contributed by atoms with Crippen LogP contribution in [-0.4, -0.2) is 10.9 Å². The molecular weight excluding hydrogens is 357 g/mol. The number of halogens is 4. The number of rotatable bonds is 2. The van der Waals surface area contributed by atoms with Crippen LogP contribution in [0.5, 0.6) is 0 Å². The number of H-pyrrole nitrogens is 1. The van der Waals surface area contributed by atoms with Crippen molar-refractivity contribution in [3.8, 4) is 0 Å². The van der Waals surface area contributed by atoms with E-state index >= 15 is 0 Å². The highest BCUT2D eigenvalue weighted by Gasteiger charge is 2.30. The summed E-state index contributed by atoms with van der Waals surface area (Å²) in [5, 5.41) is 2.78. The van der Waals surface area contributed by atoms with Gasteiger partial charge in [0.25, 0.3) is 5.91 Å². The first-order valence-electron chi connectivity index (χ1n) is 7.06. The maximum absolute atomic E-state index is 12.7. The Bertz CT molecular complexity index is 1030. The molecule has 0 bridgehead atoms. The van der Waals surface area contributed by atoms with E-state index in [9.17, 15) is 22.8 Å². The third-order valence-corrected chi connectivity index (χ3v) is 3.90. The molecule has 0 saturated carbocycles. The van der Waals surface area contributed by atoms with Gasteiger partial charge in [0.15, 0.2) is 0 Å². The van der Waals surface area contributed by atoms with Gasteiger partial charge in [0.2, 0.25) is 5.43 Å². The third-order valence-electron chi connectivity index (χ3n) is 3.57. The second kappa shape index (κ2) is 6.25. The maximum atomic E-state index is 12.7. The second-order valence-electron chi connectivity index (χ2n) is 5.22. The molecule has 0 atom stereocenters. The second-order valence-corrected chi connectivity index (χ2v) is 5.63. The molecule has 0 spiro atoms. The van der Waals surface area contributed by atoms with Gasteiger partial charge in [-0.3, -0.25) is 9.59 Å². The smallest absolute Gasteiger partial charge is 0.360 e.